The Hall–Kier alpha value is -2.66. The maximum atomic E-state index is 12.2. The monoisotopic (exact) mass is 442 g/mol. The zero-order valence-electron chi connectivity index (χ0n) is 16.8. The van der Waals surface area contributed by atoms with E-state index < -0.39 is 0 Å². The number of aromatic nitrogens is 7. The molecule has 156 valence electrons. The van der Waals surface area contributed by atoms with Gasteiger partial charge in [0.25, 0.3) is 11.3 Å². The average molecular weight is 443 g/mol. The fourth-order valence-corrected chi connectivity index (χ4v) is 5.90. The molecule has 4 heterocycles. The van der Waals surface area contributed by atoms with Crippen molar-refractivity contribution in [2.45, 2.75) is 43.5 Å². The molecule has 0 saturated heterocycles. The van der Waals surface area contributed by atoms with Crippen molar-refractivity contribution in [2.24, 2.45) is 13.0 Å². The lowest BCUT2D eigenvalue weighted by molar-refractivity contribution is 0.449. The van der Waals surface area contributed by atoms with Crippen LogP contribution in [0.4, 0.5) is 5.95 Å². The van der Waals surface area contributed by atoms with Gasteiger partial charge < -0.3 is 10.3 Å². The Morgan fingerprint density at radius 1 is 1.33 bits per heavy atom. The number of rotatable bonds is 5. The van der Waals surface area contributed by atoms with Crippen LogP contribution >= 0.6 is 23.1 Å². The zero-order valence-corrected chi connectivity index (χ0v) is 18.4. The molecular weight excluding hydrogens is 420 g/mol. The molecule has 0 spiro atoms. The zero-order chi connectivity index (χ0) is 20.8. The van der Waals surface area contributed by atoms with Crippen molar-refractivity contribution in [1.29, 1.82) is 0 Å². The van der Waals surface area contributed by atoms with Crippen LogP contribution in [0.2, 0.25) is 0 Å². The second-order valence-electron chi connectivity index (χ2n) is 7.56. The second kappa shape index (κ2) is 7.55. The molecule has 3 N–H and O–H groups in total. The van der Waals surface area contributed by atoms with Crippen LogP contribution in [0.3, 0.4) is 0 Å². The highest BCUT2D eigenvalue weighted by molar-refractivity contribution is 7.98. The van der Waals surface area contributed by atoms with E-state index in [0.717, 1.165) is 16.9 Å². The highest BCUT2D eigenvalue weighted by Crippen LogP contribution is 2.38. The first-order chi connectivity index (χ1) is 14.5. The normalized spacial score (nSPS) is 16.3. The molecule has 0 aromatic carbocycles. The Morgan fingerprint density at radius 3 is 3.03 bits per heavy atom. The summed E-state index contributed by atoms with van der Waals surface area (Å²) >= 11 is 3.33. The molecule has 11 heteroatoms. The van der Waals surface area contributed by atoms with Gasteiger partial charge in [0.05, 0.1) is 10.6 Å². The van der Waals surface area contributed by atoms with Crippen LogP contribution < -0.4 is 11.3 Å². The largest absolute Gasteiger partial charge is 0.368 e. The summed E-state index contributed by atoms with van der Waals surface area (Å²) in [6.45, 7) is 2.28. The first-order valence-electron chi connectivity index (χ1n) is 9.90. The number of aromatic amines is 1. The minimum Gasteiger partial charge on any atom is -0.368 e. The van der Waals surface area contributed by atoms with Crippen molar-refractivity contribution in [1.82, 2.24) is 34.3 Å². The molecule has 0 radical (unpaired) electrons. The van der Waals surface area contributed by atoms with Crippen LogP contribution in [0, 0.1) is 5.92 Å². The summed E-state index contributed by atoms with van der Waals surface area (Å²) in [6.07, 6.45) is 4.86. The smallest absolute Gasteiger partial charge is 0.274 e. The lowest BCUT2D eigenvalue weighted by atomic mass is 9.87. The summed E-state index contributed by atoms with van der Waals surface area (Å²) in [4.78, 5) is 23.3. The van der Waals surface area contributed by atoms with Crippen LogP contribution in [-0.2, 0) is 25.6 Å². The number of nitrogens with zero attached hydrogens (tertiary/aromatic N) is 6. The van der Waals surface area contributed by atoms with Gasteiger partial charge in [-0.1, -0.05) is 25.1 Å². The van der Waals surface area contributed by atoms with Crippen molar-refractivity contribution in [3.63, 3.8) is 0 Å². The first kappa shape index (κ1) is 19.3. The quantitative estimate of drug-likeness (QED) is 0.456. The molecule has 4 aromatic heterocycles. The molecule has 5 rings (SSSR count). The van der Waals surface area contributed by atoms with E-state index in [-0.39, 0.29) is 17.3 Å². The number of nitrogen functional groups attached to an aromatic ring is 1. The number of nitrogens with one attached hydrogen (secondary N) is 1. The van der Waals surface area contributed by atoms with Crippen LogP contribution in [-0.4, -0.2) is 34.3 Å². The Labute approximate surface area is 180 Å². The minimum absolute atomic E-state index is 0.159. The predicted octanol–water partition coefficient (Wildman–Crippen LogP) is 2.66. The number of anilines is 1. The van der Waals surface area contributed by atoms with Gasteiger partial charge in [-0.3, -0.25) is 9.89 Å². The number of aryl methyl sites for hydroxylation is 1. The summed E-state index contributed by atoms with van der Waals surface area (Å²) in [5, 5.41) is 12.2. The van der Waals surface area contributed by atoms with Crippen molar-refractivity contribution in [2.75, 3.05) is 5.73 Å². The predicted molar refractivity (Wildman–Crippen MR) is 118 cm³/mol. The molecule has 1 atom stereocenters. The lowest BCUT2D eigenvalue weighted by Gasteiger charge is -2.19. The molecule has 1 aliphatic carbocycles. The van der Waals surface area contributed by atoms with Gasteiger partial charge in [0.1, 0.15) is 0 Å². The average Bonchev–Trinajstić information content (AvgIpc) is 3.41. The first-order valence-corrected chi connectivity index (χ1v) is 11.7. The molecule has 9 nitrogen and oxygen atoms in total. The third-order valence-electron chi connectivity index (χ3n) is 5.57. The Balaban J connectivity index is 1.36. The molecule has 0 bridgehead atoms. The van der Waals surface area contributed by atoms with Crippen molar-refractivity contribution in [3.05, 3.63) is 38.6 Å². The van der Waals surface area contributed by atoms with Crippen molar-refractivity contribution < 1.29 is 0 Å². The Bertz CT molecular complexity index is 1280. The van der Waals surface area contributed by atoms with Crippen molar-refractivity contribution in [3.8, 4) is 10.7 Å². The van der Waals surface area contributed by atoms with E-state index in [9.17, 15) is 4.79 Å². The molecule has 30 heavy (non-hydrogen) atoms. The fraction of sp³-hybridized carbons (Fsp3) is 0.421. The van der Waals surface area contributed by atoms with Crippen LogP contribution in [0.25, 0.3) is 16.5 Å². The molecule has 0 saturated carbocycles. The highest BCUT2D eigenvalue weighted by Gasteiger charge is 2.22. The van der Waals surface area contributed by atoms with Crippen LogP contribution in [0.15, 0.2) is 22.1 Å². The summed E-state index contributed by atoms with van der Waals surface area (Å²) in [5.41, 5.74) is 7.47. The summed E-state index contributed by atoms with van der Waals surface area (Å²) < 4.78 is 3.24. The third-order valence-corrected chi connectivity index (χ3v) is 7.85. The van der Waals surface area contributed by atoms with Crippen molar-refractivity contribution >= 4 is 34.8 Å². The summed E-state index contributed by atoms with van der Waals surface area (Å²) in [5.74, 6) is 2.59. The molecule has 0 aliphatic heterocycles. The number of nitrogens with two attached hydrogens (primary N) is 1. The number of thiophene rings is 1. The van der Waals surface area contributed by atoms with E-state index in [0.29, 0.717) is 11.4 Å². The summed E-state index contributed by atoms with van der Waals surface area (Å²) in [7, 11) is 1.98. The number of hydrogen-bond donors (Lipinski definition) is 2. The van der Waals surface area contributed by atoms with Gasteiger partial charge in [-0.25, -0.2) is 4.98 Å². The number of thioether (sulfide) groups is 1. The second-order valence-corrected chi connectivity index (χ2v) is 9.64. The number of hydrogen-bond acceptors (Lipinski definition) is 8. The molecule has 0 amide bonds. The molecule has 0 fully saturated rings. The topological polar surface area (TPSA) is 120 Å². The highest BCUT2D eigenvalue weighted by atomic mass is 32.2. The maximum absolute atomic E-state index is 12.2. The third kappa shape index (κ3) is 3.41. The van der Waals surface area contributed by atoms with E-state index in [1.807, 2.05) is 23.0 Å². The van der Waals surface area contributed by atoms with Gasteiger partial charge >= 0.3 is 0 Å². The van der Waals surface area contributed by atoms with Crippen LogP contribution in [0.5, 0.6) is 0 Å². The van der Waals surface area contributed by atoms with E-state index in [4.69, 9.17) is 5.73 Å². The Morgan fingerprint density at radius 2 is 2.20 bits per heavy atom. The van der Waals surface area contributed by atoms with Gasteiger partial charge in [0.15, 0.2) is 11.0 Å². The maximum Gasteiger partial charge on any atom is 0.274 e. The van der Waals surface area contributed by atoms with E-state index >= 15 is 0 Å². The minimum atomic E-state index is -0.243. The molecule has 1 unspecified atom stereocenters. The number of H-pyrrole nitrogens is 1. The molecule has 1 aliphatic rings. The Kier molecular flexibility index (Phi) is 4.86. The van der Waals surface area contributed by atoms with Gasteiger partial charge in [-0.05, 0) is 36.8 Å². The molecule has 4 aromatic rings. The number of fused-ring (bicyclic) bond motifs is 2. The van der Waals surface area contributed by atoms with E-state index in [1.165, 1.54) is 63.3 Å². The fourth-order valence-electron chi connectivity index (χ4n) is 3.87. The van der Waals surface area contributed by atoms with Gasteiger partial charge in [-0.15, -0.1) is 21.5 Å². The van der Waals surface area contributed by atoms with E-state index in [2.05, 4.69) is 38.3 Å². The SMILES string of the molecule is CCC1CCc2sc(-c3nnc(SCc4cc(=O)n5[nH]c(N)nc5n4)n3C)cc2C1. The lowest BCUT2D eigenvalue weighted by Crippen LogP contribution is -2.15. The van der Waals surface area contributed by atoms with Gasteiger partial charge in [-0.2, -0.15) is 9.50 Å². The van der Waals surface area contributed by atoms with Gasteiger partial charge in [0.2, 0.25) is 5.95 Å². The van der Waals surface area contributed by atoms with Gasteiger partial charge in [0, 0.05) is 23.7 Å². The molecular formula is C19H22N8OS2. The standard InChI is InChI=1S/C19H22N8OS2/c1-3-10-4-5-13-11(6-10)7-14(30-13)16-23-24-19(26(16)2)29-9-12-8-15(28)27-18(21-12)22-17(20)25-27/h7-8,10H,3-6,9H2,1-2H3,(H3,20,21,22,25). The van der Waals surface area contributed by atoms with Crippen LogP contribution in [0.1, 0.15) is 35.9 Å². The van der Waals surface area contributed by atoms with E-state index in [1.54, 1.807) is 0 Å². The summed E-state index contributed by atoms with van der Waals surface area (Å²) in [6, 6.07) is 3.77.